The number of pyridine rings is 1. The van der Waals surface area contributed by atoms with E-state index in [4.69, 9.17) is 0 Å². The molecule has 4 heterocycles. The lowest BCUT2D eigenvalue weighted by Gasteiger charge is -2.34. The Morgan fingerprint density at radius 2 is 1.84 bits per heavy atom. The van der Waals surface area contributed by atoms with E-state index in [1.165, 1.54) is 15.6 Å². The molecule has 4 aromatic rings. The van der Waals surface area contributed by atoms with Crippen LogP contribution < -0.4 is 15.8 Å². The zero-order valence-corrected chi connectivity index (χ0v) is 21.1. The van der Waals surface area contributed by atoms with Crippen LogP contribution in [0.2, 0.25) is 0 Å². The van der Waals surface area contributed by atoms with E-state index in [9.17, 15) is 13.6 Å². The third-order valence-corrected chi connectivity index (χ3v) is 7.21. The van der Waals surface area contributed by atoms with Crippen molar-refractivity contribution in [3.8, 4) is 5.82 Å². The number of allylic oxidation sites excluding steroid dienone is 1. The van der Waals surface area contributed by atoms with E-state index in [1.807, 2.05) is 12.1 Å². The fourth-order valence-corrected chi connectivity index (χ4v) is 5.08. The summed E-state index contributed by atoms with van der Waals surface area (Å²) < 4.78 is 31.8. The Morgan fingerprint density at radius 1 is 1.08 bits per heavy atom. The Balaban J connectivity index is 1.36. The molecule has 0 amide bonds. The second-order valence-corrected chi connectivity index (χ2v) is 9.76. The van der Waals surface area contributed by atoms with Crippen molar-refractivity contribution in [2.45, 2.75) is 25.3 Å². The van der Waals surface area contributed by atoms with Gasteiger partial charge in [-0.15, -0.1) is 6.58 Å². The highest BCUT2D eigenvalue weighted by molar-refractivity contribution is 5.77. The van der Waals surface area contributed by atoms with Crippen molar-refractivity contribution in [2.24, 2.45) is 0 Å². The van der Waals surface area contributed by atoms with Crippen LogP contribution in [-0.2, 0) is 18.9 Å². The van der Waals surface area contributed by atoms with E-state index in [0.29, 0.717) is 5.56 Å². The first kappa shape index (κ1) is 24.2. The highest BCUT2D eigenvalue weighted by Gasteiger charge is 2.41. The molecular formula is C27H28F2N8O. The molecule has 38 heavy (non-hydrogen) atoms. The summed E-state index contributed by atoms with van der Waals surface area (Å²) in [6.07, 6.45) is 3.01. The van der Waals surface area contributed by atoms with Crippen molar-refractivity contribution < 1.29 is 8.78 Å². The Labute approximate surface area is 218 Å². The number of piperazine rings is 1. The second kappa shape index (κ2) is 9.32. The predicted octanol–water partition coefficient (Wildman–Crippen LogP) is 3.70. The van der Waals surface area contributed by atoms with Crippen molar-refractivity contribution in [2.75, 3.05) is 43.4 Å². The first-order valence-electron chi connectivity index (χ1n) is 12.6. The van der Waals surface area contributed by atoms with Gasteiger partial charge >= 0.3 is 0 Å². The van der Waals surface area contributed by atoms with Crippen molar-refractivity contribution >= 4 is 28.4 Å². The van der Waals surface area contributed by atoms with Gasteiger partial charge in [0, 0.05) is 50.2 Å². The Bertz CT molecular complexity index is 1570. The third kappa shape index (κ3) is 4.22. The number of nitrogens with zero attached hydrogens (tertiary/aromatic N) is 7. The monoisotopic (exact) mass is 518 g/mol. The topological polar surface area (TPSA) is 84.1 Å². The lowest BCUT2D eigenvalue weighted by atomic mass is 10.2. The summed E-state index contributed by atoms with van der Waals surface area (Å²) in [7, 11) is 2.13. The number of hydrogen-bond acceptors (Lipinski definition) is 7. The number of fused-ring (bicyclic) bond motifs is 2. The molecule has 0 spiro atoms. The summed E-state index contributed by atoms with van der Waals surface area (Å²) in [5, 5.41) is 3.45. The molecule has 2 aliphatic rings. The molecular weight excluding hydrogens is 490 g/mol. The molecule has 0 bridgehead atoms. The first-order valence-corrected chi connectivity index (χ1v) is 12.6. The van der Waals surface area contributed by atoms with Crippen molar-refractivity contribution in [1.82, 2.24) is 29.2 Å². The molecule has 0 unspecified atom stereocenters. The van der Waals surface area contributed by atoms with Gasteiger partial charge in [-0.2, -0.15) is 13.8 Å². The summed E-state index contributed by atoms with van der Waals surface area (Å²) in [4.78, 5) is 31.1. The van der Waals surface area contributed by atoms with Gasteiger partial charge in [0.25, 0.3) is 11.5 Å². The van der Waals surface area contributed by atoms with Gasteiger partial charge in [0.2, 0.25) is 5.95 Å². The fourth-order valence-electron chi connectivity index (χ4n) is 5.08. The van der Waals surface area contributed by atoms with Crippen LogP contribution in [0.1, 0.15) is 17.7 Å². The standard InChI is InChI=1S/C27H28F2N8O/c1-3-12-36-25(38)21-17-30-26(31-19-5-7-20(8-6-19)35-15-13-34(2)14-16-35)33-24(21)37(36)22-9-4-18-10-11-27(28,29)23(18)32-22/h3-9,17H,1,10-16H2,2H3,(H,30,31,33). The molecule has 1 saturated heterocycles. The van der Waals surface area contributed by atoms with Gasteiger partial charge in [-0.05, 0) is 49.4 Å². The SMILES string of the molecule is C=CCn1c(=O)c2cnc(Nc3ccc(N4CCN(C)CC4)cc3)nc2n1-c1ccc2c(n1)C(F)(F)CC2. The van der Waals surface area contributed by atoms with Crippen molar-refractivity contribution in [1.29, 1.82) is 0 Å². The Hall–Kier alpha value is -4.12. The van der Waals surface area contributed by atoms with Crippen LogP contribution in [0.25, 0.3) is 16.9 Å². The zero-order valence-electron chi connectivity index (χ0n) is 21.1. The molecule has 0 saturated carbocycles. The van der Waals surface area contributed by atoms with E-state index in [-0.39, 0.29) is 53.4 Å². The number of likely N-dealkylation sites (N-methyl/N-ethyl adjacent to an activating group) is 1. The number of aromatic nitrogens is 5. The van der Waals surface area contributed by atoms with Gasteiger partial charge in [-0.3, -0.25) is 4.79 Å². The van der Waals surface area contributed by atoms with Gasteiger partial charge in [-0.25, -0.2) is 19.3 Å². The van der Waals surface area contributed by atoms with E-state index in [2.05, 4.69) is 55.8 Å². The van der Waals surface area contributed by atoms with E-state index < -0.39 is 5.92 Å². The normalized spacial score (nSPS) is 17.1. The number of alkyl halides is 2. The maximum absolute atomic E-state index is 14.5. The summed E-state index contributed by atoms with van der Waals surface area (Å²) in [6, 6.07) is 11.3. The third-order valence-electron chi connectivity index (χ3n) is 7.21. The predicted molar refractivity (Wildman–Crippen MR) is 143 cm³/mol. The molecule has 11 heteroatoms. The van der Waals surface area contributed by atoms with Crippen LogP contribution in [0.5, 0.6) is 0 Å². The van der Waals surface area contributed by atoms with Crippen molar-refractivity contribution in [3.63, 3.8) is 0 Å². The highest BCUT2D eigenvalue weighted by atomic mass is 19.3. The number of anilines is 3. The number of aryl methyl sites for hydroxylation is 1. The minimum atomic E-state index is -3.00. The lowest BCUT2D eigenvalue weighted by Crippen LogP contribution is -2.44. The largest absolute Gasteiger partial charge is 0.369 e. The molecule has 0 atom stereocenters. The summed E-state index contributed by atoms with van der Waals surface area (Å²) in [6.45, 7) is 7.89. The number of halogens is 2. The van der Waals surface area contributed by atoms with Crippen LogP contribution in [0.15, 0.2) is 60.0 Å². The van der Waals surface area contributed by atoms with Gasteiger partial charge in [0.05, 0.1) is 6.54 Å². The molecule has 9 nitrogen and oxygen atoms in total. The number of hydrogen-bond donors (Lipinski definition) is 1. The number of rotatable bonds is 6. The average Bonchev–Trinajstić information content (AvgIpc) is 3.37. The summed E-state index contributed by atoms with van der Waals surface area (Å²) in [5.41, 5.74) is 2.13. The number of benzene rings is 1. The Kier molecular flexibility index (Phi) is 5.94. The van der Waals surface area contributed by atoms with Gasteiger partial charge in [-0.1, -0.05) is 12.1 Å². The molecule has 1 aliphatic carbocycles. The molecule has 1 N–H and O–H groups in total. The molecule has 1 fully saturated rings. The van der Waals surface area contributed by atoms with Crippen LogP contribution in [-0.4, -0.2) is 62.4 Å². The second-order valence-electron chi connectivity index (χ2n) is 9.76. The molecule has 196 valence electrons. The smallest absolute Gasteiger partial charge is 0.290 e. The van der Waals surface area contributed by atoms with E-state index >= 15 is 0 Å². The van der Waals surface area contributed by atoms with Gasteiger partial charge in [0.1, 0.15) is 11.1 Å². The minimum absolute atomic E-state index is 0.154. The highest BCUT2D eigenvalue weighted by Crippen LogP contribution is 2.40. The van der Waals surface area contributed by atoms with Crippen LogP contribution in [0.4, 0.5) is 26.1 Å². The van der Waals surface area contributed by atoms with Crippen LogP contribution in [0.3, 0.4) is 0 Å². The van der Waals surface area contributed by atoms with Crippen molar-refractivity contribution in [3.05, 3.63) is 76.9 Å². The van der Waals surface area contributed by atoms with Crippen LogP contribution in [0, 0.1) is 0 Å². The van der Waals surface area contributed by atoms with E-state index in [1.54, 1.807) is 18.2 Å². The number of nitrogens with one attached hydrogen (secondary N) is 1. The first-order chi connectivity index (χ1) is 18.3. The maximum Gasteiger partial charge on any atom is 0.290 e. The minimum Gasteiger partial charge on any atom is -0.369 e. The van der Waals surface area contributed by atoms with Gasteiger partial charge < -0.3 is 15.1 Å². The van der Waals surface area contributed by atoms with Gasteiger partial charge in [0.15, 0.2) is 11.5 Å². The Morgan fingerprint density at radius 3 is 2.58 bits per heavy atom. The molecule has 1 aromatic carbocycles. The zero-order chi connectivity index (χ0) is 26.4. The maximum atomic E-state index is 14.5. The molecule has 6 rings (SSSR count). The lowest BCUT2D eigenvalue weighted by molar-refractivity contribution is -0.00596. The van der Waals surface area contributed by atoms with E-state index in [0.717, 1.165) is 37.6 Å². The fraction of sp³-hybridized carbons (Fsp3) is 0.333. The molecule has 0 radical (unpaired) electrons. The quantitative estimate of drug-likeness (QED) is 0.390. The van der Waals surface area contributed by atoms with Crippen LogP contribution >= 0.6 is 0 Å². The average molecular weight is 519 g/mol. The summed E-state index contributed by atoms with van der Waals surface area (Å²) >= 11 is 0. The molecule has 3 aromatic heterocycles. The molecule has 1 aliphatic heterocycles. The summed E-state index contributed by atoms with van der Waals surface area (Å²) in [5.74, 6) is -2.53.